The van der Waals surface area contributed by atoms with E-state index in [4.69, 9.17) is 10.1 Å². The molecule has 162 valence electrons. The predicted octanol–water partition coefficient (Wildman–Crippen LogP) is 4.88. The lowest BCUT2D eigenvalue weighted by Crippen LogP contribution is -2.27. The van der Waals surface area contributed by atoms with Crippen LogP contribution in [-0.2, 0) is 6.42 Å². The third kappa shape index (κ3) is 3.43. The van der Waals surface area contributed by atoms with Gasteiger partial charge >= 0.3 is 0 Å². The molecule has 3 aromatic heterocycles. The fourth-order valence-corrected chi connectivity index (χ4v) is 4.83. The number of rotatable bonds is 4. The highest BCUT2D eigenvalue weighted by Gasteiger charge is 2.21. The second kappa shape index (κ2) is 7.82. The van der Waals surface area contributed by atoms with Gasteiger partial charge in [0.25, 0.3) is 0 Å². The predicted molar refractivity (Wildman–Crippen MR) is 129 cm³/mol. The molecule has 0 aliphatic carbocycles. The van der Waals surface area contributed by atoms with E-state index >= 15 is 0 Å². The first kappa shape index (κ1) is 19.1. The molecule has 2 aliphatic rings. The Balaban J connectivity index is 1.37. The largest absolute Gasteiger partial charge is 0.385 e. The molecule has 1 saturated heterocycles. The average molecular weight is 426 g/mol. The Bertz CT molecular complexity index is 1280. The van der Waals surface area contributed by atoms with E-state index in [1.807, 2.05) is 16.8 Å². The summed E-state index contributed by atoms with van der Waals surface area (Å²) in [6.07, 6.45) is 8.41. The zero-order valence-corrected chi connectivity index (χ0v) is 18.3. The second-order valence-corrected chi connectivity index (χ2v) is 8.73. The third-order valence-electron chi connectivity index (χ3n) is 6.55. The van der Waals surface area contributed by atoms with Crippen molar-refractivity contribution in [1.29, 1.82) is 0 Å². The van der Waals surface area contributed by atoms with Gasteiger partial charge in [-0.3, -0.25) is 0 Å². The monoisotopic (exact) mass is 425 g/mol. The molecule has 0 bridgehead atoms. The van der Waals surface area contributed by atoms with Gasteiger partial charge in [-0.25, -0.2) is 14.5 Å². The van der Waals surface area contributed by atoms with Gasteiger partial charge in [-0.1, -0.05) is 18.2 Å². The molecule has 1 aromatic carbocycles. The number of fused-ring (bicyclic) bond motifs is 2. The molecule has 0 amide bonds. The van der Waals surface area contributed by atoms with Crippen LogP contribution in [0, 0.1) is 0 Å². The number of nitrogens with one attached hydrogen (secondary N) is 2. The van der Waals surface area contributed by atoms with Crippen LogP contribution in [0.25, 0.3) is 16.9 Å². The van der Waals surface area contributed by atoms with Gasteiger partial charge < -0.3 is 15.5 Å². The van der Waals surface area contributed by atoms with Crippen molar-refractivity contribution in [2.24, 2.45) is 0 Å². The quantitative estimate of drug-likeness (QED) is 0.486. The highest BCUT2D eigenvalue weighted by molar-refractivity contribution is 5.78. The molecule has 7 nitrogen and oxygen atoms in total. The van der Waals surface area contributed by atoms with Crippen LogP contribution < -0.4 is 15.5 Å². The van der Waals surface area contributed by atoms with Crippen molar-refractivity contribution in [3.8, 4) is 11.3 Å². The standard InChI is InChI=1S/C25H27N7/c1-17-5-4-13-31(17)24-8-2-7-23(29-24)28-22-16-21(30-32-14-12-27-25(22)32)19-10-9-18-6-3-11-26-20(18)15-19/h2,7-10,12,14-17,26H,3-6,11,13H2,1H3,(H,28,29). The molecule has 6 rings (SSSR count). The lowest BCUT2D eigenvalue weighted by atomic mass is 10.00. The Morgan fingerprint density at radius 3 is 3.00 bits per heavy atom. The molecule has 0 spiro atoms. The molecule has 5 heterocycles. The number of hydrogen-bond donors (Lipinski definition) is 2. The zero-order valence-electron chi connectivity index (χ0n) is 18.3. The van der Waals surface area contributed by atoms with E-state index in [1.165, 1.54) is 30.5 Å². The molecule has 1 atom stereocenters. The Kier molecular flexibility index (Phi) is 4.67. The maximum absolute atomic E-state index is 4.90. The number of anilines is 4. The lowest BCUT2D eigenvalue weighted by Gasteiger charge is -2.23. The van der Waals surface area contributed by atoms with Crippen molar-refractivity contribution < 1.29 is 0 Å². The first-order valence-corrected chi connectivity index (χ1v) is 11.5. The Morgan fingerprint density at radius 1 is 1.12 bits per heavy atom. The topological polar surface area (TPSA) is 70.4 Å². The fraction of sp³-hybridized carbons (Fsp3) is 0.320. The second-order valence-electron chi connectivity index (χ2n) is 8.73. The first-order chi connectivity index (χ1) is 15.7. The van der Waals surface area contributed by atoms with E-state index in [1.54, 1.807) is 6.20 Å². The average Bonchev–Trinajstić information content (AvgIpc) is 3.48. The summed E-state index contributed by atoms with van der Waals surface area (Å²) >= 11 is 0. The lowest BCUT2D eigenvalue weighted by molar-refractivity contribution is 0.727. The van der Waals surface area contributed by atoms with Crippen LogP contribution in [0.4, 0.5) is 23.0 Å². The number of benzene rings is 1. The van der Waals surface area contributed by atoms with Gasteiger partial charge in [0.1, 0.15) is 11.6 Å². The van der Waals surface area contributed by atoms with E-state index in [0.717, 1.165) is 53.7 Å². The van der Waals surface area contributed by atoms with Gasteiger partial charge in [0, 0.05) is 42.8 Å². The zero-order chi connectivity index (χ0) is 21.5. The van der Waals surface area contributed by atoms with E-state index in [9.17, 15) is 0 Å². The van der Waals surface area contributed by atoms with Crippen molar-refractivity contribution in [3.63, 3.8) is 0 Å². The van der Waals surface area contributed by atoms with Crippen LogP contribution in [0.1, 0.15) is 31.7 Å². The minimum absolute atomic E-state index is 0.530. The third-order valence-corrected chi connectivity index (χ3v) is 6.55. The number of hydrogen-bond acceptors (Lipinski definition) is 6. The SMILES string of the molecule is CC1CCCN1c1cccc(Nc2cc(-c3ccc4c(c3)NCCC4)nn3ccnc23)n1. The van der Waals surface area contributed by atoms with Gasteiger partial charge in [0.05, 0.1) is 11.4 Å². The molecule has 1 fully saturated rings. The summed E-state index contributed by atoms with van der Waals surface area (Å²) in [4.78, 5) is 11.8. The summed E-state index contributed by atoms with van der Waals surface area (Å²) in [5.41, 5.74) is 6.25. The molecular weight excluding hydrogens is 398 g/mol. The molecule has 2 aliphatic heterocycles. The summed E-state index contributed by atoms with van der Waals surface area (Å²) in [7, 11) is 0. The highest BCUT2D eigenvalue weighted by atomic mass is 15.3. The summed E-state index contributed by atoms with van der Waals surface area (Å²) in [6.45, 7) is 4.36. The summed E-state index contributed by atoms with van der Waals surface area (Å²) in [5, 5.41) is 11.8. The summed E-state index contributed by atoms with van der Waals surface area (Å²) < 4.78 is 1.83. The fourth-order valence-electron chi connectivity index (χ4n) is 4.83. The summed E-state index contributed by atoms with van der Waals surface area (Å²) in [6, 6.07) is 15.3. The van der Waals surface area contributed by atoms with Crippen molar-refractivity contribution in [2.45, 2.75) is 38.6 Å². The normalized spacial score (nSPS) is 17.9. The van der Waals surface area contributed by atoms with Crippen LogP contribution in [0.3, 0.4) is 0 Å². The molecule has 2 N–H and O–H groups in total. The maximum Gasteiger partial charge on any atom is 0.177 e. The molecular formula is C25H27N7. The molecule has 32 heavy (non-hydrogen) atoms. The van der Waals surface area contributed by atoms with Crippen molar-refractivity contribution in [1.82, 2.24) is 19.6 Å². The van der Waals surface area contributed by atoms with Crippen molar-refractivity contribution >= 4 is 28.7 Å². The molecule has 0 radical (unpaired) electrons. The number of pyridine rings is 1. The van der Waals surface area contributed by atoms with Gasteiger partial charge in [0.15, 0.2) is 5.65 Å². The van der Waals surface area contributed by atoms with E-state index < -0.39 is 0 Å². The van der Waals surface area contributed by atoms with E-state index in [2.05, 4.69) is 63.8 Å². The van der Waals surface area contributed by atoms with E-state index in [-0.39, 0.29) is 0 Å². The Morgan fingerprint density at radius 2 is 2.09 bits per heavy atom. The summed E-state index contributed by atoms with van der Waals surface area (Å²) in [5.74, 6) is 1.84. The maximum atomic E-state index is 4.90. The van der Waals surface area contributed by atoms with Gasteiger partial charge in [-0.05, 0) is 62.4 Å². The van der Waals surface area contributed by atoms with Crippen molar-refractivity contribution in [3.05, 3.63) is 60.4 Å². The molecule has 0 saturated carbocycles. The van der Waals surface area contributed by atoms with Crippen LogP contribution >= 0.6 is 0 Å². The number of aryl methyl sites for hydroxylation is 1. The van der Waals surface area contributed by atoms with Crippen molar-refractivity contribution in [2.75, 3.05) is 28.6 Å². The molecule has 4 aromatic rings. The van der Waals surface area contributed by atoms with Gasteiger partial charge in [0.2, 0.25) is 0 Å². The highest BCUT2D eigenvalue weighted by Crippen LogP contribution is 2.31. The first-order valence-electron chi connectivity index (χ1n) is 11.5. The Hall–Kier alpha value is -3.61. The van der Waals surface area contributed by atoms with Crippen LogP contribution in [0.5, 0.6) is 0 Å². The number of imidazole rings is 1. The smallest absolute Gasteiger partial charge is 0.177 e. The van der Waals surface area contributed by atoms with Crippen LogP contribution in [0.15, 0.2) is 54.9 Å². The van der Waals surface area contributed by atoms with Gasteiger partial charge in [-0.2, -0.15) is 5.10 Å². The van der Waals surface area contributed by atoms with Gasteiger partial charge in [-0.15, -0.1) is 0 Å². The molecule has 1 unspecified atom stereocenters. The minimum atomic E-state index is 0.530. The number of aromatic nitrogens is 4. The minimum Gasteiger partial charge on any atom is -0.385 e. The van der Waals surface area contributed by atoms with E-state index in [0.29, 0.717) is 6.04 Å². The Labute approximate surface area is 187 Å². The van der Waals surface area contributed by atoms with Crippen LogP contribution in [-0.4, -0.2) is 38.7 Å². The number of nitrogens with zero attached hydrogens (tertiary/aromatic N) is 5. The molecule has 7 heteroatoms. The van der Waals surface area contributed by atoms with Crippen LogP contribution in [0.2, 0.25) is 0 Å².